The Morgan fingerprint density at radius 2 is 0.662 bits per heavy atom. The molecule has 0 saturated heterocycles. The number of esters is 2. The van der Waals surface area contributed by atoms with Crippen molar-refractivity contribution in [2.24, 2.45) is 0 Å². The van der Waals surface area contributed by atoms with E-state index in [2.05, 4.69) is 27.7 Å². The van der Waals surface area contributed by atoms with Crippen molar-refractivity contribution < 1.29 is 38.2 Å². The summed E-state index contributed by atoms with van der Waals surface area (Å²) in [4.78, 5) is 93.1. The van der Waals surface area contributed by atoms with E-state index >= 15 is 19.2 Å². The summed E-state index contributed by atoms with van der Waals surface area (Å²) in [7, 11) is 0. The molecule has 8 aromatic rings. The van der Waals surface area contributed by atoms with Crippen LogP contribution in [-0.2, 0) is 0 Å². The predicted molar refractivity (Wildman–Crippen MR) is 313 cm³/mol. The fourth-order valence-corrected chi connectivity index (χ4v) is 14.0. The number of hydrogen-bond donors (Lipinski definition) is 0. The maximum absolute atomic E-state index is 15.6. The maximum Gasteiger partial charge on any atom is 0.344 e. The van der Waals surface area contributed by atoms with Crippen molar-refractivity contribution in [2.75, 3.05) is 9.80 Å². The van der Waals surface area contributed by atoms with Crippen molar-refractivity contribution in [3.05, 3.63) is 210 Å². The molecule has 0 radical (unpaired) electrons. The van der Waals surface area contributed by atoms with Gasteiger partial charge in [0, 0.05) is 0 Å². The summed E-state index contributed by atoms with van der Waals surface area (Å²) in [6, 6.07) is 35.0. The normalized spacial score (nSPS) is 15.4. The zero-order valence-electron chi connectivity index (χ0n) is 46.5. The number of fused-ring (bicyclic) bond motifs is 3. The predicted octanol–water partition coefficient (Wildman–Crippen LogP) is 16.0. The highest BCUT2D eigenvalue weighted by Gasteiger charge is 2.46. The molecule has 80 heavy (non-hydrogen) atoms. The lowest BCUT2D eigenvalue weighted by atomic mass is 9.83. The molecule has 0 aromatic heterocycles. The van der Waals surface area contributed by atoms with Crippen LogP contribution in [-0.4, -0.2) is 35.6 Å². The number of amides is 4. The van der Waals surface area contributed by atoms with E-state index in [9.17, 15) is 9.59 Å². The van der Waals surface area contributed by atoms with Crippen LogP contribution in [0.25, 0.3) is 33.0 Å². The van der Waals surface area contributed by atoms with Gasteiger partial charge in [-0.15, -0.1) is 0 Å². The Balaban J connectivity index is 1.03. The van der Waals surface area contributed by atoms with E-state index in [1.807, 2.05) is 76.2 Å². The number of rotatable bonds is 10. The third-order valence-electron chi connectivity index (χ3n) is 18.2. The molecule has 4 aliphatic rings. The van der Waals surface area contributed by atoms with Crippen molar-refractivity contribution in [1.29, 1.82) is 0 Å². The standard InChI is InChI=1S/C70H62N2O8/c1-37-41(5)63(42(6)38(2)57(37)45-21-15-16-22-45)71-65(73)59-53(33-35-55(61(59)67(71)75)69(77)79-47-25-11-9-12-26-47)51-31-32-52(50-30-20-19-29-49(50)51)54-34-36-56(70(78)80-48-27-13-10-14-28-48)62-60(54)66(74)72(68(62)76)64-43(7)39(3)58(40(4)44(64)8)46-23-17-18-24-46/h9-14,19-20,25-36,45-46H,15-18,21-24H2,1-8H3. The topological polar surface area (TPSA) is 127 Å². The molecule has 2 aliphatic carbocycles. The van der Waals surface area contributed by atoms with E-state index in [0.717, 1.165) is 95.9 Å². The lowest BCUT2D eigenvalue weighted by Crippen LogP contribution is -2.32. The molecule has 2 heterocycles. The molecule has 12 rings (SSSR count). The average Bonchev–Trinajstić information content (AvgIpc) is 4.41. The van der Waals surface area contributed by atoms with E-state index in [1.54, 1.807) is 72.8 Å². The summed E-state index contributed by atoms with van der Waals surface area (Å²) in [5, 5.41) is 1.33. The van der Waals surface area contributed by atoms with Crippen LogP contribution in [0.15, 0.2) is 121 Å². The van der Waals surface area contributed by atoms with Crippen LogP contribution < -0.4 is 19.3 Å². The van der Waals surface area contributed by atoms with Crippen molar-refractivity contribution in [1.82, 2.24) is 0 Å². The Labute approximate surface area is 466 Å². The van der Waals surface area contributed by atoms with E-state index < -0.39 is 35.6 Å². The highest BCUT2D eigenvalue weighted by atomic mass is 16.5. The van der Waals surface area contributed by atoms with Gasteiger partial charge in [0.05, 0.1) is 44.8 Å². The molecule has 0 unspecified atom stereocenters. The summed E-state index contributed by atoms with van der Waals surface area (Å²) in [5.74, 6) is -2.55. The lowest BCUT2D eigenvalue weighted by Gasteiger charge is -2.27. The molecule has 2 aliphatic heterocycles. The number of imide groups is 2. The van der Waals surface area contributed by atoms with Crippen LogP contribution in [0.4, 0.5) is 11.4 Å². The Morgan fingerprint density at radius 1 is 0.362 bits per heavy atom. The molecular weight excluding hydrogens is 997 g/mol. The second-order valence-electron chi connectivity index (χ2n) is 22.3. The number of nitrogens with zero attached hydrogens (tertiary/aromatic N) is 2. The van der Waals surface area contributed by atoms with Gasteiger partial charge in [-0.25, -0.2) is 19.4 Å². The monoisotopic (exact) mass is 1060 g/mol. The third-order valence-corrected chi connectivity index (χ3v) is 18.2. The number of ether oxygens (including phenoxy) is 2. The van der Waals surface area contributed by atoms with Gasteiger partial charge in [-0.2, -0.15) is 0 Å². The number of carbonyl (C=O) groups is 6. The fraction of sp³-hybridized carbons (Fsp3) is 0.257. The van der Waals surface area contributed by atoms with Gasteiger partial charge in [0.25, 0.3) is 23.6 Å². The van der Waals surface area contributed by atoms with Gasteiger partial charge in [-0.05, 0) is 218 Å². The van der Waals surface area contributed by atoms with Crippen molar-refractivity contribution in [3.63, 3.8) is 0 Å². The summed E-state index contributed by atoms with van der Waals surface area (Å²) < 4.78 is 11.8. The molecule has 4 amide bonds. The quantitative estimate of drug-likeness (QED) is 0.0753. The summed E-state index contributed by atoms with van der Waals surface area (Å²) in [6.07, 6.45) is 9.00. The number of hydrogen-bond acceptors (Lipinski definition) is 8. The molecule has 0 spiro atoms. The number of carbonyl (C=O) groups excluding carboxylic acids is 6. The first-order valence-corrected chi connectivity index (χ1v) is 28.0. The zero-order chi connectivity index (χ0) is 56.0. The Bertz CT molecular complexity index is 3690. The first-order valence-electron chi connectivity index (χ1n) is 28.0. The van der Waals surface area contributed by atoms with E-state index in [0.29, 0.717) is 56.2 Å². The fourth-order valence-electron chi connectivity index (χ4n) is 14.0. The van der Waals surface area contributed by atoms with Gasteiger partial charge in [0.15, 0.2) is 0 Å². The van der Waals surface area contributed by atoms with Gasteiger partial charge in [-0.3, -0.25) is 19.2 Å². The van der Waals surface area contributed by atoms with Crippen molar-refractivity contribution >= 4 is 57.7 Å². The second kappa shape index (κ2) is 20.2. The lowest BCUT2D eigenvalue weighted by molar-refractivity contribution is 0.0722. The number of anilines is 2. The Morgan fingerprint density at radius 3 is 1.00 bits per heavy atom. The van der Waals surface area contributed by atoms with Crippen LogP contribution in [0.2, 0.25) is 0 Å². The van der Waals surface area contributed by atoms with Crippen LogP contribution in [0.5, 0.6) is 11.5 Å². The smallest absolute Gasteiger partial charge is 0.344 e. The molecule has 400 valence electrons. The summed E-state index contributed by atoms with van der Waals surface area (Å²) in [6.45, 7) is 16.2. The molecule has 2 saturated carbocycles. The van der Waals surface area contributed by atoms with Gasteiger partial charge >= 0.3 is 11.9 Å². The first kappa shape index (κ1) is 52.0. The Kier molecular flexibility index (Phi) is 13.1. The molecular formula is C70H62N2O8. The minimum atomic E-state index is -0.779. The highest BCUT2D eigenvalue weighted by molar-refractivity contribution is 6.40. The average molecular weight is 1060 g/mol. The molecule has 0 N–H and O–H groups in total. The van der Waals surface area contributed by atoms with Gasteiger partial charge in [-0.1, -0.05) is 111 Å². The van der Waals surface area contributed by atoms with Crippen LogP contribution in [0.3, 0.4) is 0 Å². The molecule has 0 bridgehead atoms. The SMILES string of the molecule is Cc1c(C)c(N2C(=O)c3c(C(=O)Oc4ccccc4)ccc(-c4ccc(-c5ccc(C(=O)Oc6ccccc6)c6c5C(=O)N(c5c(C)c(C)c(C7CCCC7)c(C)c5C)C6=O)c5ccccc45)c3C2=O)c(C)c(C)c1C1CCCC1. The zero-order valence-corrected chi connectivity index (χ0v) is 46.5. The van der Waals surface area contributed by atoms with Gasteiger partial charge in [0.1, 0.15) is 11.5 Å². The minimum Gasteiger partial charge on any atom is -0.423 e. The summed E-state index contributed by atoms with van der Waals surface area (Å²) >= 11 is 0. The van der Waals surface area contributed by atoms with Crippen LogP contribution in [0.1, 0.15) is 181 Å². The van der Waals surface area contributed by atoms with Gasteiger partial charge < -0.3 is 9.47 Å². The van der Waals surface area contributed by atoms with Crippen LogP contribution in [0, 0.1) is 55.4 Å². The molecule has 0 atom stereocenters. The van der Waals surface area contributed by atoms with Crippen molar-refractivity contribution in [3.8, 4) is 33.8 Å². The second-order valence-corrected chi connectivity index (χ2v) is 22.3. The maximum atomic E-state index is 15.6. The highest BCUT2D eigenvalue weighted by Crippen LogP contribution is 2.50. The van der Waals surface area contributed by atoms with Crippen molar-refractivity contribution in [2.45, 2.75) is 119 Å². The molecule has 10 heteroatoms. The van der Waals surface area contributed by atoms with Gasteiger partial charge in [0.2, 0.25) is 0 Å². The summed E-state index contributed by atoms with van der Waals surface area (Å²) in [5.41, 5.74) is 13.1. The van der Waals surface area contributed by atoms with E-state index in [1.165, 1.54) is 20.9 Å². The van der Waals surface area contributed by atoms with E-state index in [4.69, 9.17) is 9.47 Å². The first-order chi connectivity index (χ1) is 38.6. The molecule has 2 fully saturated rings. The Hall–Kier alpha value is -8.76. The minimum absolute atomic E-state index is 0.0427. The number of benzene rings is 8. The molecule has 8 aromatic carbocycles. The van der Waals surface area contributed by atoms with Crippen LogP contribution >= 0.6 is 0 Å². The third kappa shape index (κ3) is 8.12. The van der Waals surface area contributed by atoms with E-state index in [-0.39, 0.29) is 44.9 Å². The largest absolute Gasteiger partial charge is 0.423 e. The number of para-hydroxylation sites is 2. The molecule has 10 nitrogen and oxygen atoms in total.